The molecule has 0 aromatic heterocycles. The van der Waals surface area contributed by atoms with Crippen LogP contribution in [0.1, 0.15) is 39.2 Å². The topological polar surface area (TPSA) is 20.2 Å². The Kier molecular flexibility index (Phi) is 4.48. The van der Waals surface area contributed by atoms with E-state index in [1.54, 1.807) is 12.1 Å². The average molecular weight is 224 g/mol. The number of hydrogen-bond acceptors (Lipinski definition) is 1. The molecule has 90 valence electrons. The van der Waals surface area contributed by atoms with Gasteiger partial charge in [0.05, 0.1) is 6.10 Å². The van der Waals surface area contributed by atoms with Gasteiger partial charge < -0.3 is 5.11 Å². The van der Waals surface area contributed by atoms with E-state index in [-0.39, 0.29) is 17.3 Å². The van der Waals surface area contributed by atoms with Gasteiger partial charge in [-0.15, -0.1) is 0 Å². The number of aryl methyl sites for hydroxylation is 1. The Hall–Kier alpha value is -0.890. The fourth-order valence-corrected chi connectivity index (χ4v) is 1.62. The number of hydrogen-bond donors (Lipinski definition) is 1. The summed E-state index contributed by atoms with van der Waals surface area (Å²) in [7, 11) is 0. The van der Waals surface area contributed by atoms with Crippen molar-refractivity contribution in [1.29, 1.82) is 0 Å². The highest BCUT2D eigenvalue weighted by Crippen LogP contribution is 2.23. The third-order valence-electron chi connectivity index (χ3n) is 2.88. The van der Waals surface area contributed by atoms with Gasteiger partial charge in [-0.3, -0.25) is 0 Å². The van der Waals surface area contributed by atoms with E-state index in [2.05, 4.69) is 0 Å². The van der Waals surface area contributed by atoms with Gasteiger partial charge in [0, 0.05) is 0 Å². The van der Waals surface area contributed by atoms with E-state index in [1.807, 2.05) is 26.8 Å². The smallest absolute Gasteiger partial charge is 0.126 e. The van der Waals surface area contributed by atoms with Crippen molar-refractivity contribution in [2.75, 3.05) is 0 Å². The van der Waals surface area contributed by atoms with Crippen LogP contribution in [0.15, 0.2) is 24.3 Å². The van der Waals surface area contributed by atoms with Gasteiger partial charge in [-0.1, -0.05) is 39.0 Å². The van der Waals surface area contributed by atoms with E-state index in [9.17, 15) is 9.50 Å². The molecule has 1 atom stereocenters. The van der Waals surface area contributed by atoms with Crippen molar-refractivity contribution in [3.8, 4) is 0 Å². The molecule has 0 aliphatic carbocycles. The Bertz CT molecular complexity index is 328. The van der Waals surface area contributed by atoms with Crippen LogP contribution in [0.4, 0.5) is 4.39 Å². The van der Waals surface area contributed by atoms with Gasteiger partial charge in [-0.05, 0) is 36.3 Å². The molecule has 0 bridgehead atoms. The molecule has 2 heteroatoms. The van der Waals surface area contributed by atoms with E-state index in [1.165, 1.54) is 6.07 Å². The molecule has 1 N–H and O–H groups in total. The maximum atomic E-state index is 13.3. The Morgan fingerprint density at radius 3 is 2.44 bits per heavy atom. The average Bonchev–Trinajstić information content (AvgIpc) is 2.19. The second kappa shape index (κ2) is 5.44. The van der Waals surface area contributed by atoms with Crippen LogP contribution in [-0.2, 0) is 6.42 Å². The van der Waals surface area contributed by atoms with Crippen LogP contribution in [-0.4, -0.2) is 11.2 Å². The predicted octanol–water partition coefficient (Wildman–Crippen LogP) is 3.56. The minimum Gasteiger partial charge on any atom is -0.393 e. The molecule has 0 aliphatic rings. The summed E-state index contributed by atoms with van der Waals surface area (Å²) in [5.74, 6) is -0.146. The second-order valence-electron chi connectivity index (χ2n) is 5.37. The molecule has 0 aliphatic heterocycles. The fraction of sp³-hybridized carbons (Fsp3) is 0.571. The molecule has 1 nitrogen and oxygen atoms in total. The van der Waals surface area contributed by atoms with Gasteiger partial charge >= 0.3 is 0 Å². The van der Waals surface area contributed by atoms with Gasteiger partial charge in [0.15, 0.2) is 0 Å². The number of rotatable bonds is 4. The molecule has 1 aromatic carbocycles. The van der Waals surface area contributed by atoms with Crippen molar-refractivity contribution in [2.24, 2.45) is 5.41 Å². The maximum Gasteiger partial charge on any atom is 0.126 e. The first kappa shape index (κ1) is 13.2. The molecule has 0 spiro atoms. The van der Waals surface area contributed by atoms with Gasteiger partial charge in [0.1, 0.15) is 5.82 Å². The lowest BCUT2D eigenvalue weighted by atomic mass is 9.86. The van der Waals surface area contributed by atoms with Crippen molar-refractivity contribution in [2.45, 2.75) is 46.1 Å². The second-order valence-corrected chi connectivity index (χ2v) is 5.37. The Morgan fingerprint density at radius 1 is 1.25 bits per heavy atom. The number of aliphatic hydroxyl groups excluding tert-OH is 1. The molecule has 0 radical (unpaired) electrons. The molecule has 16 heavy (non-hydrogen) atoms. The first-order valence-corrected chi connectivity index (χ1v) is 5.83. The fourth-order valence-electron chi connectivity index (χ4n) is 1.62. The highest BCUT2D eigenvalue weighted by Gasteiger charge is 2.21. The van der Waals surface area contributed by atoms with E-state index >= 15 is 0 Å². The molecular formula is C14H21FO. The zero-order valence-electron chi connectivity index (χ0n) is 10.3. The van der Waals surface area contributed by atoms with Crippen LogP contribution in [0.5, 0.6) is 0 Å². The zero-order valence-corrected chi connectivity index (χ0v) is 10.3. The highest BCUT2D eigenvalue weighted by molar-refractivity contribution is 5.17. The van der Waals surface area contributed by atoms with Crippen LogP contribution in [0.2, 0.25) is 0 Å². The molecule has 0 saturated carbocycles. The lowest BCUT2D eigenvalue weighted by Crippen LogP contribution is -2.25. The summed E-state index contributed by atoms with van der Waals surface area (Å²) in [6.07, 6.45) is 1.91. The van der Waals surface area contributed by atoms with Crippen molar-refractivity contribution < 1.29 is 9.50 Å². The van der Waals surface area contributed by atoms with E-state index in [4.69, 9.17) is 0 Å². The van der Waals surface area contributed by atoms with Gasteiger partial charge in [-0.25, -0.2) is 4.39 Å². The van der Waals surface area contributed by atoms with Crippen molar-refractivity contribution in [1.82, 2.24) is 0 Å². The largest absolute Gasteiger partial charge is 0.393 e. The predicted molar refractivity (Wildman–Crippen MR) is 64.8 cm³/mol. The summed E-state index contributed by atoms with van der Waals surface area (Å²) in [4.78, 5) is 0. The summed E-state index contributed by atoms with van der Waals surface area (Å²) in [5.41, 5.74) is 0.651. The lowest BCUT2D eigenvalue weighted by molar-refractivity contribution is 0.0540. The Balaban J connectivity index is 2.40. The highest BCUT2D eigenvalue weighted by atomic mass is 19.1. The number of benzene rings is 1. The molecule has 0 saturated heterocycles. The summed E-state index contributed by atoms with van der Waals surface area (Å²) in [6.45, 7) is 6.04. The van der Waals surface area contributed by atoms with Crippen molar-refractivity contribution in [3.63, 3.8) is 0 Å². The standard InChI is InChI=1S/C14H21FO/c1-14(2,3)13(16)10-6-8-11-7-4-5-9-12(11)15/h4-5,7,9,13,16H,6,8,10H2,1-3H3. The molecule has 1 rings (SSSR count). The van der Waals surface area contributed by atoms with Crippen LogP contribution in [0.3, 0.4) is 0 Å². The first-order chi connectivity index (χ1) is 7.41. The zero-order chi connectivity index (χ0) is 12.2. The molecule has 0 amide bonds. The van der Waals surface area contributed by atoms with Crippen LogP contribution >= 0.6 is 0 Å². The van der Waals surface area contributed by atoms with Gasteiger partial charge in [0.25, 0.3) is 0 Å². The summed E-state index contributed by atoms with van der Waals surface area (Å²) < 4.78 is 13.3. The van der Waals surface area contributed by atoms with E-state index < -0.39 is 0 Å². The number of halogens is 1. The van der Waals surface area contributed by atoms with Gasteiger partial charge in [-0.2, -0.15) is 0 Å². The first-order valence-electron chi connectivity index (χ1n) is 5.83. The van der Waals surface area contributed by atoms with Crippen LogP contribution < -0.4 is 0 Å². The minimum absolute atomic E-state index is 0.0881. The molecule has 1 unspecified atom stereocenters. The summed E-state index contributed by atoms with van der Waals surface area (Å²) in [5, 5.41) is 9.84. The molecule has 1 aromatic rings. The quantitative estimate of drug-likeness (QED) is 0.829. The van der Waals surface area contributed by atoms with Crippen LogP contribution in [0, 0.1) is 11.2 Å². The molecular weight excluding hydrogens is 203 g/mol. The molecule has 0 fully saturated rings. The van der Waals surface area contributed by atoms with E-state index in [0.717, 1.165) is 18.4 Å². The third-order valence-corrected chi connectivity index (χ3v) is 2.88. The van der Waals surface area contributed by atoms with Crippen LogP contribution in [0.25, 0.3) is 0 Å². The number of aliphatic hydroxyl groups is 1. The van der Waals surface area contributed by atoms with Gasteiger partial charge in [0.2, 0.25) is 0 Å². The Labute approximate surface area is 97.3 Å². The maximum absolute atomic E-state index is 13.3. The minimum atomic E-state index is -0.320. The lowest BCUT2D eigenvalue weighted by Gasteiger charge is -2.25. The van der Waals surface area contributed by atoms with Crippen molar-refractivity contribution >= 4 is 0 Å². The Morgan fingerprint density at radius 2 is 1.88 bits per heavy atom. The van der Waals surface area contributed by atoms with E-state index in [0.29, 0.717) is 6.42 Å². The molecule has 0 heterocycles. The third kappa shape index (κ3) is 3.93. The summed E-state index contributed by atoms with van der Waals surface area (Å²) in [6, 6.07) is 6.83. The SMILES string of the molecule is CC(C)(C)C(O)CCCc1ccccc1F. The normalized spacial score (nSPS) is 13.8. The monoisotopic (exact) mass is 224 g/mol. The summed E-state index contributed by atoms with van der Waals surface area (Å²) >= 11 is 0. The van der Waals surface area contributed by atoms with Crippen molar-refractivity contribution in [3.05, 3.63) is 35.6 Å².